The van der Waals surface area contributed by atoms with Gasteiger partial charge in [-0.3, -0.25) is 18.2 Å². The fourth-order valence-electron chi connectivity index (χ4n) is 9.68. The predicted molar refractivity (Wildman–Crippen MR) is 382 cm³/mol. The molecule has 100 heavy (non-hydrogen) atoms. The van der Waals surface area contributed by atoms with Crippen molar-refractivity contribution in [1.82, 2.24) is 29.9 Å². The molecule has 0 amide bonds. The number of benzene rings is 8. The fraction of sp³-hybridized carbons (Fsp3) is 0.118. The minimum absolute atomic E-state index is 0.0176. The Morgan fingerprint density at radius 2 is 0.600 bits per heavy atom. The van der Waals surface area contributed by atoms with Crippen LogP contribution in [0.25, 0.3) is 47.6 Å². The highest BCUT2D eigenvalue weighted by molar-refractivity contribution is 7.86. The summed E-state index contributed by atoms with van der Waals surface area (Å²) in [4.78, 5) is 26.4. The second kappa shape index (κ2) is 33.7. The monoisotopic (exact) mass is 1430 g/mol. The minimum Gasteiger partial charge on any atom is -0.395 e. The minimum atomic E-state index is -5.03. The summed E-state index contributed by atoms with van der Waals surface area (Å²) in [6.07, 6.45) is 11.0. The molecule has 0 aliphatic rings. The van der Waals surface area contributed by atoms with E-state index < -0.39 is 60.1 Å². The lowest BCUT2D eigenvalue weighted by atomic mass is 9.94. The highest BCUT2D eigenvalue weighted by Gasteiger charge is 2.22. The largest absolute Gasteiger partial charge is 0.395 e. The van der Waals surface area contributed by atoms with E-state index in [2.05, 4.69) is 173 Å². The average molecular weight is 1440 g/mol. The number of nitrogens with one attached hydrogen (secondary N) is 4. The van der Waals surface area contributed by atoms with Crippen molar-refractivity contribution >= 4 is 135 Å². The van der Waals surface area contributed by atoms with Crippen molar-refractivity contribution in [2.75, 3.05) is 83.7 Å². The Morgan fingerprint density at radius 1 is 0.310 bits per heavy atom. The molecule has 0 fully saturated rings. The lowest BCUT2D eigenvalue weighted by molar-refractivity contribution is 0.279. The van der Waals surface area contributed by atoms with Crippen LogP contribution >= 0.6 is 0 Å². The van der Waals surface area contributed by atoms with Gasteiger partial charge in [-0.05, 0) is 117 Å². The summed E-state index contributed by atoms with van der Waals surface area (Å²) in [6, 6.07) is 54.7. The van der Waals surface area contributed by atoms with Gasteiger partial charge >= 0.3 is 0 Å². The number of hydrogen-bond acceptors (Lipinski definition) is 24. The molecular formula is C68H66N12O16S4. The smallest absolute Gasteiger partial charge is 0.295 e. The van der Waals surface area contributed by atoms with Crippen molar-refractivity contribution in [2.45, 2.75) is 19.6 Å². The molecular weight excluding hydrogens is 1370 g/mol. The Hall–Kier alpha value is -10.7. The van der Waals surface area contributed by atoms with E-state index in [1.54, 1.807) is 0 Å². The highest BCUT2D eigenvalue weighted by Crippen LogP contribution is 2.33. The van der Waals surface area contributed by atoms with Gasteiger partial charge in [0.2, 0.25) is 35.7 Å². The first-order valence-corrected chi connectivity index (χ1v) is 35.9. The van der Waals surface area contributed by atoms with Crippen LogP contribution in [0.2, 0.25) is 0 Å². The molecule has 0 aliphatic heterocycles. The topological polar surface area (TPSA) is 430 Å². The van der Waals surface area contributed by atoms with Gasteiger partial charge < -0.3 is 51.5 Å². The van der Waals surface area contributed by atoms with Crippen LogP contribution in [0.1, 0.15) is 33.4 Å². The van der Waals surface area contributed by atoms with Crippen LogP contribution in [-0.2, 0) is 40.5 Å². The second-order valence-electron chi connectivity index (χ2n) is 21.4. The van der Waals surface area contributed by atoms with E-state index in [0.29, 0.717) is 0 Å². The van der Waals surface area contributed by atoms with Gasteiger partial charge in [0.05, 0.1) is 36.2 Å². The quantitative estimate of drug-likeness (QED) is 0.0153. The predicted octanol–water partition coefficient (Wildman–Crippen LogP) is 9.46. The van der Waals surface area contributed by atoms with Crippen molar-refractivity contribution in [3.63, 3.8) is 0 Å². The summed E-state index contributed by atoms with van der Waals surface area (Å²) >= 11 is 0. The molecule has 0 aliphatic carbocycles. The summed E-state index contributed by atoms with van der Waals surface area (Å²) in [5.74, 6) is -0.916. The number of hydrogen-bond donors (Lipinski definition) is 12. The summed E-state index contributed by atoms with van der Waals surface area (Å²) in [7, 11) is -19.1. The first-order chi connectivity index (χ1) is 47.9. The Kier molecular flexibility index (Phi) is 24.8. The number of aliphatic hydroxyl groups excluding tert-OH is 4. The van der Waals surface area contributed by atoms with Crippen molar-refractivity contribution < 1.29 is 72.3 Å². The summed E-state index contributed by atoms with van der Waals surface area (Å²) in [5.41, 5.74) is 7.44. The molecule has 0 bridgehead atoms. The zero-order chi connectivity index (χ0) is 71.5. The van der Waals surface area contributed by atoms with E-state index in [-0.39, 0.29) is 122 Å². The molecule has 0 saturated heterocycles. The molecule has 0 saturated carbocycles. The third kappa shape index (κ3) is 20.9. The van der Waals surface area contributed by atoms with Crippen LogP contribution < -0.4 is 31.1 Å². The lowest BCUT2D eigenvalue weighted by Gasteiger charge is -2.21. The van der Waals surface area contributed by atoms with Gasteiger partial charge in [0.1, 0.15) is 9.79 Å². The molecule has 2 heterocycles. The first-order valence-electron chi connectivity index (χ1n) is 30.1. The summed E-state index contributed by atoms with van der Waals surface area (Å²) in [5, 5.41) is 49.9. The molecule has 28 nitrogen and oxygen atoms in total. The van der Waals surface area contributed by atoms with Crippen LogP contribution in [0.15, 0.2) is 214 Å². The first kappa shape index (κ1) is 73.5. The van der Waals surface area contributed by atoms with E-state index in [9.17, 15) is 72.3 Å². The van der Waals surface area contributed by atoms with Crippen LogP contribution in [0, 0.1) is 0 Å². The molecule has 0 atom stereocenters. The molecule has 12 N–H and O–H groups in total. The van der Waals surface area contributed by atoms with E-state index in [1.807, 2.05) is 12.1 Å². The zero-order valence-corrected chi connectivity index (χ0v) is 55.9. The molecule has 0 spiro atoms. The molecule has 10 rings (SSSR count). The van der Waals surface area contributed by atoms with Crippen LogP contribution in [0.5, 0.6) is 0 Å². The number of aliphatic hydroxyl groups is 4. The molecule has 32 heteroatoms. The van der Waals surface area contributed by atoms with Gasteiger partial charge in [0.15, 0.2) is 0 Å². The number of anilines is 10. The van der Waals surface area contributed by atoms with Gasteiger partial charge in [0, 0.05) is 48.9 Å². The van der Waals surface area contributed by atoms with E-state index >= 15 is 0 Å². The van der Waals surface area contributed by atoms with Crippen LogP contribution in [-0.4, -0.2) is 155 Å². The van der Waals surface area contributed by atoms with Crippen molar-refractivity contribution in [2.24, 2.45) is 0 Å². The van der Waals surface area contributed by atoms with E-state index in [4.69, 9.17) is 0 Å². The van der Waals surface area contributed by atoms with Crippen molar-refractivity contribution in [3.8, 4) is 11.1 Å². The molecule has 0 unspecified atom stereocenters. The highest BCUT2D eigenvalue weighted by atomic mass is 32.2. The van der Waals surface area contributed by atoms with E-state index in [1.165, 1.54) is 91.7 Å². The van der Waals surface area contributed by atoms with Crippen LogP contribution in [0.4, 0.5) is 58.4 Å². The van der Waals surface area contributed by atoms with Crippen molar-refractivity contribution in [3.05, 3.63) is 228 Å². The second-order valence-corrected chi connectivity index (χ2v) is 27.0. The molecule has 2 aromatic heterocycles. The van der Waals surface area contributed by atoms with Crippen LogP contribution in [0.3, 0.4) is 0 Å². The van der Waals surface area contributed by atoms with Gasteiger partial charge in [-0.2, -0.15) is 63.6 Å². The Bertz CT molecular complexity index is 4720. The third-order valence-electron chi connectivity index (χ3n) is 14.4. The maximum absolute atomic E-state index is 12.8. The molecule has 8 aromatic carbocycles. The van der Waals surface area contributed by atoms with E-state index in [0.717, 1.165) is 48.6 Å². The number of nitrogens with zero attached hydrogens (tertiary/aromatic N) is 8. The SMILES string of the molecule is C(=C\c1ccccc1-c1ccccc1/C=C/c1ccccc1)/c1ccccc1.O=S(=O)(O)c1ccc(Nc2nc(Nc3ccc(/C=C/c4ccc(Nc5nc(Nc6ccc(S(=O)(=O)O)cc6)nc(N(CCO)CCO)n5)cc4S(=O)(=O)O)c(S(=O)(=O)O)c3)nc(N(CCO)CCO)n2)cc1. The maximum Gasteiger partial charge on any atom is 0.295 e. The third-order valence-corrected chi connectivity index (χ3v) is 17.9. The standard InChI is InChI=1S/C40H44N12O16S4.C28H22/c53-19-15-51(16-20-54)39-47-35(41-27-7-11-31(12-8-27)69(57,58)59)45-37(49-39)43-29-5-3-25(33(23-29)71(63,64)65)1-2-26-4-6-30(24-34(26)72(66,67)68)44-38-46-36(48-40(50-38)52(17-21-55)18-22-56)42-28-9-13-32(14-10-28)70(60,61)62;1-3-11-23(12-4-1)19-21-25-15-7-9-17-27(25)28-18-10-8-16-26(28)22-20-24-13-5-2-6-14-24/h1-14,23-24,53-56H,15-22H2,(H,57,58,59)(H,60,61,62)(H,63,64,65)(H,66,67,68)(H2,41,43,45,47,49)(H2,42,44,46,48,50);1-22H/b2-1+;21-19+,22-20+. The lowest BCUT2D eigenvalue weighted by Crippen LogP contribution is -2.31. The Labute approximate surface area is 576 Å². The Morgan fingerprint density at radius 3 is 0.910 bits per heavy atom. The molecule has 518 valence electrons. The zero-order valence-electron chi connectivity index (χ0n) is 52.7. The van der Waals surface area contributed by atoms with Gasteiger partial charge in [-0.15, -0.1) is 0 Å². The number of rotatable bonds is 29. The average Bonchev–Trinajstić information content (AvgIpc) is 0.830. The van der Waals surface area contributed by atoms with Crippen molar-refractivity contribution in [1.29, 1.82) is 0 Å². The Balaban J connectivity index is 0.000000343. The number of aromatic nitrogens is 6. The summed E-state index contributed by atoms with van der Waals surface area (Å²) < 4.78 is 137. The molecule has 10 aromatic rings. The van der Waals surface area contributed by atoms with Gasteiger partial charge in [-0.1, -0.05) is 158 Å². The van der Waals surface area contributed by atoms with Gasteiger partial charge in [-0.25, -0.2) is 0 Å². The maximum atomic E-state index is 12.8. The normalized spacial score (nSPS) is 11.9. The molecule has 0 radical (unpaired) electrons. The fourth-order valence-corrected chi connectivity index (χ4v) is 12.1. The summed E-state index contributed by atoms with van der Waals surface area (Å²) in [6.45, 7) is -1.69. The van der Waals surface area contributed by atoms with Gasteiger partial charge in [0.25, 0.3) is 40.5 Å².